The second-order valence-electron chi connectivity index (χ2n) is 7.01. The lowest BCUT2D eigenvalue weighted by Gasteiger charge is -2.35. The Kier molecular flexibility index (Phi) is 2.63. The Morgan fingerprint density at radius 2 is 1.95 bits per heavy atom. The molecule has 3 aliphatic rings. The van der Waals surface area contributed by atoms with Crippen molar-refractivity contribution in [2.24, 2.45) is 17.3 Å². The van der Waals surface area contributed by atoms with Crippen LogP contribution in [-0.2, 0) is 10.0 Å². The fourth-order valence-corrected chi connectivity index (χ4v) is 6.07. The Balaban J connectivity index is 1.72. The zero-order valence-corrected chi connectivity index (χ0v) is 13.3. The molecule has 1 heterocycles. The van der Waals surface area contributed by atoms with Gasteiger partial charge in [0.2, 0.25) is 0 Å². The number of rotatable bonds is 2. The Morgan fingerprint density at radius 3 is 2.67 bits per heavy atom. The van der Waals surface area contributed by atoms with Crippen LogP contribution in [0.25, 0.3) is 0 Å². The van der Waals surface area contributed by atoms with Gasteiger partial charge in [-0.05, 0) is 49.1 Å². The third-order valence-corrected chi connectivity index (χ3v) is 7.61. The number of sulfonamides is 1. The Morgan fingerprint density at radius 1 is 1.24 bits per heavy atom. The van der Waals surface area contributed by atoms with E-state index in [1.807, 2.05) is 25.3 Å². The smallest absolute Gasteiger partial charge is 0.264 e. The normalized spacial score (nSPS) is 37.2. The van der Waals surface area contributed by atoms with Crippen LogP contribution in [0.4, 0.5) is 0 Å². The summed E-state index contributed by atoms with van der Waals surface area (Å²) in [7, 11) is -3.42. The lowest BCUT2D eigenvalue weighted by atomic mass is 9.87. The van der Waals surface area contributed by atoms with E-state index in [0.29, 0.717) is 22.1 Å². The van der Waals surface area contributed by atoms with Crippen molar-refractivity contribution >= 4 is 10.0 Å². The van der Waals surface area contributed by atoms with Gasteiger partial charge >= 0.3 is 0 Å². The Bertz CT molecular complexity index is 707. The number of benzene rings is 1. The minimum Gasteiger partial charge on any atom is -0.270 e. The molecule has 112 valence electrons. The highest BCUT2D eigenvalue weighted by atomic mass is 32.2. The number of allylic oxidation sites excluding steroid dienone is 1. The molecule has 0 radical (unpaired) electrons. The molecule has 4 atom stereocenters. The first kappa shape index (κ1) is 13.4. The van der Waals surface area contributed by atoms with Crippen molar-refractivity contribution < 1.29 is 8.42 Å². The molecule has 0 unspecified atom stereocenters. The van der Waals surface area contributed by atoms with Crippen LogP contribution in [0.1, 0.15) is 31.7 Å². The molecular formula is C17H21NO2S. The van der Waals surface area contributed by atoms with Crippen LogP contribution in [0.15, 0.2) is 41.4 Å². The zero-order valence-electron chi connectivity index (χ0n) is 12.5. The van der Waals surface area contributed by atoms with Crippen LogP contribution in [0, 0.1) is 24.2 Å². The van der Waals surface area contributed by atoms with Crippen molar-refractivity contribution in [3.8, 4) is 0 Å². The van der Waals surface area contributed by atoms with E-state index in [1.54, 1.807) is 16.4 Å². The quantitative estimate of drug-likeness (QED) is 0.840. The molecule has 0 aromatic heterocycles. The highest BCUT2D eigenvalue weighted by molar-refractivity contribution is 7.89. The van der Waals surface area contributed by atoms with Crippen LogP contribution in [0.5, 0.6) is 0 Å². The lowest BCUT2D eigenvalue weighted by molar-refractivity contribution is 0.243. The molecule has 2 aliphatic carbocycles. The maximum absolute atomic E-state index is 12.9. The second kappa shape index (κ2) is 4.13. The molecule has 0 saturated heterocycles. The number of aryl methyl sites for hydroxylation is 1. The maximum atomic E-state index is 12.9. The van der Waals surface area contributed by atoms with Crippen LogP contribution in [0.2, 0.25) is 0 Å². The van der Waals surface area contributed by atoms with E-state index in [9.17, 15) is 8.42 Å². The van der Waals surface area contributed by atoms with Crippen LogP contribution in [-0.4, -0.2) is 18.8 Å². The summed E-state index contributed by atoms with van der Waals surface area (Å²) >= 11 is 0. The van der Waals surface area contributed by atoms with Crippen molar-refractivity contribution in [3.05, 3.63) is 42.1 Å². The van der Waals surface area contributed by atoms with Gasteiger partial charge < -0.3 is 0 Å². The summed E-state index contributed by atoms with van der Waals surface area (Å²) in [6.45, 7) is 4.29. The predicted molar refractivity (Wildman–Crippen MR) is 82.1 cm³/mol. The Hall–Kier alpha value is -1.29. The summed E-state index contributed by atoms with van der Waals surface area (Å²) < 4.78 is 27.5. The van der Waals surface area contributed by atoms with Gasteiger partial charge in [-0.2, -0.15) is 0 Å². The molecule has 0 N–H and O–H groups in total. The largest absolute Gasteiger partial charge is 0.270 e. The average Bonchev–Trinajstić information content (AvgIpc) is 3.07. The van der Waals surface area contributed by atoms with E-state index in [2.05, 4.69) is 13.0 Å². The SMILES string of the molecule is Cc1ccc(S(=O)(=O)N2C=C[C@H]3[C@H]4[C@@H]2CCC[C@]43C)cc1. The van der Waals surface area contributed by atoms with Gasteiger partial charge in [0, 0.05) is 12.2 Å². The van der Waals surface area contributed by atoms with Crippen LogP contribution in [0.3, 0.4) is 0 Å². The van der Waals surface area contributed by atoms with Crippen LogP contribution >= 0.6 is 0 Å². The van der Waals surface area contributed by atoms with Gasteiger partial charge in [0.1, 0.15) is 0 Å². The van der Waals surface area contributed by atoms with Crippen molar-refractivity contribution in [1.82, 2.24) is 4.31 Å². The van der Waals surface area contributed by atoms with Gasteiger partial charge in [-0.3, -0.25) is 4.31 Å². The topological polar surface area (TPSA) is 37.4 Å². The van der Waals surface area contributed by atoms with E-state index in [-0.39, 0.29) is 6.04 Å². The fraction of sp³-hybridized carbons (Fsp3) is 0.529. The Labute approximate surface area is 126 Å². The first-order valence-electron chi connectivity index (χ1n) is 7.73. The number of hydrogen-bond acceptors (Lipinski definition) is 2. The van der Waals surface area contributed by atoms with Gasteiger partial charge in [0.05, 0.1) is 4.90 Å². The van der Waals surface area contributed by atoms with Gasteiger partial charge in [-0.25, -0.2) is 8.42 Å². The molecule has 1 aliphatic heterocycles. The molecule has 4 heteroatoms. The van der Waals surface area contributed by atoms with E-state index >= 15 is 0 Å². The molecule has 0 spiro atoms. The molecule has 1 aromatic carbocycles. The average molecular weight is 303 g/mol. The van der Waals surface area contributed by atoms with Gasteiger partial charge in [-0.15, -0.1) is 0 Å². The summed E-state index contributed by atoms with van der Waals surface area (Å²) in [6.07, 6.45) is 7.32. The summed E-state index contributed by atoms with van der Waals surface area (Å²) in [5.74, 6) is 1.12. The molecule has 2 saturated carbocycles. The maximum Gasteiger partial charge on any atom is 0.264 e. The van der Waals surface area contributed by atoms with Crippen molar-refractivity contribution in [2.75, 3.05) is 0 Å². The molecule has 21 heavy (non-hydrogen) atoms. The molecule has 1 aromatic rings. The number of nitrogens with zero attached hydrogens (tertiary/aromatic N) is 1. The fourth-order valence-electron chi connectivity index (χ4n) is 4.52. The lowest BCUT2D eigenvalue weighted by Crippen LogP contribution is -2.41. The molecule has 3 nitrogen and oxygen atoms in total. The van der Waals surface area contributed by atoms with Crippen molar-refractivity contribution in [1.29, 1.82) is 0 Å². The second-order valence-corrected chi connectivity index (χ2v) is 8.85. The van der Waals surface area contributed by atoms with Gasteiger partial charge in [-0.1, -0.05) is 37.1 Å². The summed E-state index contributed by atoms with van der Waals surface area (Å²) in [5, 5.41) is 0. The van der Waals surface area contributed by atoms with E-state index in [4.69, 9.17) is 0 Å². The monoisotopic (exact) mass is 303 g/mol. The van der Waals surface area contributed by atoms with Crippen molar-refractivity contribution in [2.45, 2.75) is 44.0 Å². The van der Waals surface area contributed by atoms with E-state index < -0.39 is 10.0 Å². The first-order chi connectivity index (χ1) is 9.94. The molecule has 4 rings (SSSR count). The predicted octanol–water partition coefficient (Wildman–Crippen LogP) is 3.32. The summed E-state index contributed by atoms with van der Waals surface area (Å²) in [4.78, 5) is 0.407. The molecule has 0 bridgehead atoms. The van der Waals surface area contributed by atoms with Crippen LogP contribution < -0.4 is 0 Å². The number of hydrogen-bond donors (Lipinski definition) is 0. The first-order valence-corrected chi connectivity index (χ1v) is 9.17. The third-order valence-electron chi connectivity index (χ3n) is 5.79. The standard InChI is InChI=1S/C17H21NO2S/c1-12-5-7-13(8-6-12)21(19,20)18-11-9-14-16-15(18)4-3-10-17(14,16)2/h5-9,11,14-16H,3-4,10H2,1-2H3/t14-,15-,16-,17-/m0/s1. The highest BCUT2D eigenvalue weighted by Gasteiger charge is 2.67. The third kappa shape index (κ3) is 1.75. The highest BCUT2D eigenvalue weighted by Crippen LogP contribution is 2.69. The molecule has 0 amide bonds. The van der Waals surface area contributed by atoms with E-state index in [1.165, 1.54) is 6.42 Å². The van der Waals surface area contributed by atoms with Gasteiger partial charge in [0.25, 0.3) is 10.0 Å². The molecule has 2 fully saturated rings. The van der Waals surface area contributed by atoms with Gasteiger partial charge in [0.15, 0.2) is 0 Å². The zero-order chi connectivity index (χ0) is 14.8. The minimum atomic E-state index is -3.42. The minimum absolute atomic E-state index is 0.157. The number of fused-ring (bicyclic) bond motifs is 1. The summed E-state index contributed by atoms with van der Waals surface area (Å²) in [5.41, 5.74) is 1.42. The van der Waals surface area contributed by atoms with Crippen molar-refractivity contribution in [3.63, 3.8) is 0 Å². The van der Waals surface area contributed by atoms with E-state index in [0.717, 1.165) is 18.4 Å². The summed E-state index contributed by atoms with van der Waals surface area (Å²) in [6, 6.07) is 7.33. The molecular weight excluding hydrogens is 282 g/mol.